The second-order valence-corrected chi connectivity index (χ2v) is 10.1. The van der Waals surface area contributed by atoms with Crippen LogP contribution in [0.25, 0.3) is 0 Å². The number of hydrogen-bond acceptors (Lipinski definition) is 8. The fourth-order valence-corrected chi connectivity index (χ4v) is 2.98. The number of hydrogen-bond donors (Lipinski definition) is 1. The predicted molar refractivity (Wildman–Crippen MR) is 187 cm³/mol. The SMILES string of the molecule is C.C.C.C.CC(=O)CBr.CC(=O)CN(C)C=O.CC(=O)c1c[nH]c(=S)n1C.CCCl.CCSc1ncc(C(C)=O)n1C. The van der Waals surface area contributed by atoms with Crippen LogP contribution in [0.5, 0.6) is 0 Å². The Kier molecular flexibility index (Phi) is 44.4. The summed E-state index contributed by atoms with van der Waals surface area (Å²) in [5.41, 5.74) is 1.29. The molecule has 0 aromatic carbocycles. The Hall–Kier alpha value is -2.09. The van der Waals surface area contributed by atoms with E-state index in [0.29, 0.717) is 27.9 Å². The van der Waals surface area contributed by atoms with Crippen LogP contribution < -0.4 is 0 Å². The predicted octanol–water partition coefficient (Wildman–Crippen LogP) is 7.44. The fourth-order valence-electron chi connectivity index (χ4n) is 2.14. The molecule has 0 unspecified atom stereocenters. The van der Waals surface area contributed by atoms with E-state index in [1.54, 1.807) is 49.7 Å². The third kappa shape index (κ3) is 28.0. The number of ketones is 4. The standard InChI is InChI=1S/C8H12N2OS.C6H8N2OS.C5H9NO2.C3H5BrO.C2H5Cl.4CH4/c1-4-12-8-9-5-7(6(2)11)10(8)3;1-4(9)5-3-7-6(10)8(5)2;1-5(8)3-6(2)4-7;1-3(5)2-4;1-2-3;;;;/h5H,4H2,1-3H3;3H,1-2H3,(H,7,10);4H,3H2,1-2H3;2H2,1H3;2H2,1H3;4*1H4. The molecule has 42 heavy (non-hydrogen) atoms. The highest BCUT2D eigenvalue weighted by Gasteiger charge is 2.09. The van der Waals surface area contributed by atoms with Gasteiger partial charge < -0.3 is 19.0 Å². The number of amides is 1. The van der Waals surface area contributed by atoms with Crippen molar-refractivity contribution in [3.63, 3.8) is 0 Å². The van der Waals surface area contributed by atoms with Crippen molar-refractivity contribution in [1.29, 1.82) is 0 Å². The molecule has 0 aliphatic carbocycles. The number of alkyl halides is 2. The summed E-state index contributed by atoms with van der Waals surface area (Å²) in [5, 5.41) is 1.38. The third-order valence-electron chi connectivity index (χ3n) is 3.78. The lowest BCUT2D eigenvalue weighted by Gasteiger charge is -2.04. The quantitative estimate of drug-likeness (QED) is 0.0980. The van der Waals surface area contributed by atoms with Gasteiger partial charge in [-0.1, -0.05) is 71.2 Å². The number of aromatic amines is 1. The van der Waals surface area contributed by atoms with E-state index >= 15 is 0 Å². The summed E-state index contributed by atoms with van der Waals surface area (Å²) in [6.07, 6.45) is 3.87. The largest absolute Gasteiger partial charge is 0.341 e. The van der Waals surface area contributed by atoms with Crippen LogP contribution in [0.15, 0.2) is 17.6 Å². The maximum absolute atomic E-state index is 11.0. The number of imidazole rings is 2. The minimum Gasteiger partial charge on any atom is -0.341 e. The average Bonchev–Trinajstić information content (AvgIpc) is 3.37. The van der Waals surface area contributed by atoms with Gasteiger partial charge in [0, 0.05) is 47.1 Å². The van der Waals surface area contributed by atoms with E-state index < -0.39 is 0 Å². The van der Waals surface area contributed by atoms with Gasteiger partial charge in [-0.2, -0.15) is 0 Å². The number of likely N-dealkylation sites (N-methyl/N-ethyl adjacent to an activating group) is 1. The molecular weight excluding hydrogens is 666 g/mol. The Bertz CT molecular complexity index is 1070. The van der Waals surface area contributed by atoms with Gasteiger partial charge in [0.25, 0.3) is 0 Å². The molecular formula is C28H55BrClN5O5S2. The Balaban J connectivity index is -0.0000000754. The number of thioether (sulfide) groups is 1. The lowest BCUT2D eigenvalue weighted by molar-refractivity contribution is -0.124. The molecule has 0 bridgehead atoms. The first-order valence-electron chi connectivity index (χ1n) is 11.3. The highest BCUT2D eigenvalue weighted by atomic mass is 79.9. The topological polar surface area (TPSA) is 127 Å². The third-order valence-corrected chi connectivity index (χ3v) is 5.89. The summed E-state index contributed by atoms with van der Waals surface area (Å²) in [6.45, 7) is 10.2. The Morgan fingerprint density at radius 2 is 1.43 bits per heavy atom. The van der Waals surface area contributed by atoms with E-state index in [-0.39, 0.29) is 59.4 Å². The highest BCUT2D eigenvalue weighted by molar-refractivity contribution is 9.09. The first-order chi connectivity index (χ1) is 17.6. The maximum atomic E-state index is 11.0. The van der Waals surface area contributed by atoms with Crippen LogP contribution in [0.1, 0.15) is 92.2 Å². The first kappa shape index (κ1) is 55.8. The number of Topliss-reactive ketones (excluding diaryl/α,β-unsaturated/α-hetero) is 4. The van der Waals surface area contributed by atoms with E-state index in [4.69, 9.17) is 23.8 Å². The van der Waals surface area contributed by atoms with E-state index in [1.807, 2.05) is 18.5 Å². The Labute approximate surface area is 277 Å². The molecule has 1 amide bonds. The number of H-pyrrole nitrogens is 1. The van der Waals surface area contributed by atoms with Gasteiger partial charge in [-0.15, -0.1) is 11.6 Å². The van der Waals surface area contributed by atoms with Crippen LogP contribution in [-0.2, 0) is 28.5 Å². The van der Waals surface area contributed by atoms with Crippen LogP contribution in [0.2, 0.25) is 0 Å². The van der Waals surface area contributed by atoms with Gasteiger partial charge in [-0.25, -0.2) is 4.98 Å². The zero-order chi connectivity index (χ0) is 30.4. The molecule has 2 rings (SSSR count). The molecule has 0 aliphatic rings. The van der Waals surface area contributed by atoms with Crippen molar-refractivity contribution in [3.8, 4) is 0 Å². The average molecular weight is 721 g/mol. The molecule has 0 fully saturated rings. The summed E-state index contributed by atoms with van der Waals surface area (Å²) in [7, 11) is 5.19. The second-order valence-electron chi connectivity index (χ2n) is 7.39. The zero-order valence-electron chi connectivity index (χ0n) is 23.5. The number of halogens is 2. The first-order valence-corrected chi connectivity index (χ1v) is 14.4. The van der Waals surface area contributed by atoms with Gasteiger partial charge in [-0.05, 0) is 31.8 Å². The van der Waals surface area contributed by atoms with Gasteiger partial charge in [0.2, 0.25) is 6.41 Å². The van der Waals surface area contributed by atoms with Crippen LogP contribution >= 0.6 is 51.5 Å². The van der Waals surface area contributed by atoms with Gasteiger partial charge in [0.15, 0.2) is 21.5 Å². The summed E-state index contributed by atoms with van der Waals surface area (Å²) in [6, 6.07) is 0. The molecule has 2 aromatic heterocycles. The van der Waals surface area contributed by atoms with Gasteiger partial charge in [0.05, 0.1) is 18.1 Å². The zero-order valence-corrected chi connectivity index (χ0v) is 27.4. The lowest BCUT2D eigenvalue weighted by Crippen LogP contribution is -2.22. The molecule has 0 spiro atoms. The molecule has 0 aliphatic heterocycles. The summed E-state index contributed by atoms with van der Waals surface area (Å²) >= 11 is 14.5. The molecule has 0 saturated carbocycles. The van der Waals surface area contributed by atoms with Crippen LogP contribution in [-0.4, -0.2) is 84.1 Å². The number of aromatic nitrogens is 4. The minimum absolute atomic E-state index is 0. The maximum Gasteiger partial charge on any atom is 0.209 e. The molecule has 2 aromatic rings. The van der Waals surface area contributed by atoms with Crippen molar-refractivity contribution in [2.45, 2.75) is 76.4 Å². The van der Waals surface area contributed by atoms with Crippen LogP contribution in [0.4, 0.5) is 0 Å². The van der Waals surface area contributed by atoms with Crippen molar-refractivity contribution in [2.24, 2.45) is 14.1 Å². The van der Waals surface area contributed by atoms with Gasteiger partial charge in [0.1, 0.15) is 23.0 Å². The van der Waals surface area contributed by atoms with Crippen molar-refractivity contribution in [1.82, 2.24) is 24.0 Å². The smallest absolute Gasteiger partial charge is 0.209 e. The molecule has 10 nitrogen and oxygen atoms in total. The molecule has 0 radical (unpaired) electrons. The number of nitrogens with one attached hydrogen (secondary N) is 1. The number of rotatable bonds is 8. The number of nitrogens with zero attached hydrogens (tertiary/aromatic N) is 4. The van der Waals surface area contributed by atoms with E-state index in [1.165, 1.54) is 25.7 Å². The molecule has 0 atom stereocenters. The molecule has 248 valence electrons. The van der Waals surface area contributed by atoms with Gasteiger partial charge >= 0.3 is 0 Å². The summed E-state index contributed by atoms with van der Waals surface area (Å²) in [5.74, 6) is 1.95. The molecule has 1 N–H and O–H groups in total. The van der Waals surface area contributed by atoms with E-state index in [2.05, 4.69) is 32.8 Å². The highest BCUT2D eigenvalue weighted by Crippen LogP contribution is 2.16. The van der Waals surface area contributed by atoms with Crippen molar-refractivity contribution in [2.75, 3.05) is 30.6 Å². The second kappa shape index (κ2) is 33.4. The fraction of sp³-hybridized carbons (Fsp3) is 0.607. The Morgan fingerprint density at radius 1 is 1.00 bits per heavy atom. The Morgan fingerprint density at radius 3 is 1.62 bits per heavy atom. The van der Waals surface area contributed by atoms with Crippen LogP contribution in [0, 0.1) is 4.77 Å². The van der Waals surface area contributed by atoms with E-state index in [9.17, 15) is 24.0 Å². The van der Waals surface area contributed by atoms with Gasteiger partial charge in [-0.3, -0.25) is 24.0 Å². The number of carbonyl (C=O) groups excluding carboxylic acids is 5. The van der Waals surface area contributed by atoms with E-state index in [0.717, 1.165) is 16.8 Å². The monoisotopic (exact) mass is 719 g/mol. The normalized spacial score (nSPS) is 8.17. The van der Waals surface area contributed by atoms with Crippen molar-refractivity contribution in [3.05, 3.63) is 28.6 Å². The summed E-state index contributed by atoms with van der Waals surface area (Å²) in [4.78, 5) is 59.8. The number of carbonyl (C=O) groups is 5. The lowest BCUT2D eigenvalue weighted by atomic mass is 10.3. The minimum atomic E-state index is -0.000370. The van der Waals surface area contributed by atoms with Crippen LogP contribution in [0.3, 0.4) is 0 Å². The molecule has 0 saturated heterocycles. The van der Waals surface area contributed by atoms with Crippen molar-refractivity contribution < 1.29 is 24.0 Å². The molecule has 14 heteroatoms. The molecule has 2 heterocycles. The summed E-state index contributed by atoms with van der Waals surface area (Å²) < 4.78 is 4.05. The van der Waals surface area contributed by atoms with Crippen molar-refractivity contribution >= 4 is 81.1 Å².